The third-order valence-corrected chi connectivity index (χ3v) is 0.943. The second-order valence-corrected chi connectivity index (χ2v) is 1.57. The van der Waals surface area contributed by atoms with Crippen LogP contribution < -0.4 is 34.7 Å². The minimum Gasteiger partial charge on any atom is -0.854 e. The van der Waals surface area contributed by atoms with Crippen molar-refractivity contribution in [3.05, 3.63) is 0 Å². The monoisotopic (exact) mass is 110 g/mol. The maximum atomic E-state index is 9.83. The molecule has 1 aliphatic heterocycles. The van der Waals surface area contributed by atoms with Crippen LogP contribution >= 0.6 is 0 Å². The summed E-state index contributed by atoms with van der Waals surface area (Å²) in [7, 11) is 0. The SMILES string of the molecule is [Na+].[O-]CC1COC1. The quantitative estimate of drug-likeness (QED) is 0.322. The van der Waals surface area contributed by atoms with E-state index in [-0.39, 0.29) is 36.2 Å². The van der Waals surface area contributed by atoms with E-state index in [0.29, 0.717) is 19.1 Å². The predicted molar refractivity (Wildman–Crippen MR) is 19.2 cm³/mol. The average Bonchev–Trinajstić information content (AvgIpc) is 1.31. The number of hydrogen-bond donors (Lipinski definition) is 0. The molecule has 3 heteroatoms. The van der Waals surface area contributed by atoms with E-state index in [1.165, 1.54) is 0 Å². The molecule has 0 aromatic heterocycles. The van der Waals surface area contributed by atoms with Gasteiger partial charge in [0.05, 0.1) is 13.2 Å². The van der Waals surface area contributed by atoms with Crippen LogP contribution in [-0.2, 0) is 4.74 Å². The first kappa shape index (κ1) is 7.92. The van der Waals surface area contributed by atoms with E-state index < -0.39 is 0 Å². The third-order valence-electron chi connectivity index (χ3n) is 0.943. The van der Waals surface area contributed by atoms with Crippen molar-refractivity contribution in [2.45, 2.75) is 0 Å². The summed E-state index contributed by atoms with van der Waals surface area (Å²) < 4.78 is 4.73. The van der Waals surface area contributed by atoms with Crippen LogP contribution in [0, 0.1) is 5.92 Å². The zero-order valence-electron chi connectivity index (χ0n) is 4.52. The standard InChI is InChI=1S/C4H7O2.Na/c5-1-4-2-6-3-4;/h4H,1-3H2;/q-1;+1. The smallest absolute Gasteiger partial charge is 0.854 e. The van der Waals surface area contributed by atoms with E-state index in [1.54, 1.807) is 0 Å². The molecule has 0 saturated carbocycles. The molecule has 2 nitrogen and oxygen atoms in total. The zero-order chi connectivity index (χ0) is 4.41. The Hall–Kier alpha value is 0.920. The van der Waals surface area contributed by atoms with E-state index in [1.807, 2.05) is 0 Å². The molecule has 36 valence electrons. The predicted octanol–water partition coefficient (Wildman–Crippen LogP) is -4.00. The molecule has 0 N–H and O–H groups in total. The topological polar surface area (TPSA) is 32.3 Å². The Morgan fingerprint density at radius 2 is 2.14 bits per heavy atom. The van der Waals surface area contributed by atoms with Gasteiger partial charge in [0.2, 0.25) is 0 Å². The fourth-order valence-electron chi connectivity index (χ4n) is 0.381. The maximum absolute atomic E-state index is 9.83. The normalized spacial score (nSPS) is 20.1. The Balaban J connectivity index is 0.000000360. The van der Waals surface area contributed by atoms with Gasteiger partial charge in [0.15, 0.2) is 0 Å². The van der Waals surface area contributed by atoms with Gasteiger partial charge in [-0.1, -0.05) is 0 Å². The molecule has 1 rings (SSSR count). The summed E-state index contributed by atoms with van der Waals surface area (Å²) in [5.74, 6) is 0.338. The van der Waals surface area contributed by atoms with Gasteiger partial charge in [-0.3, -0.25) is 0 Å². The van der Waals surface area contributed by atoms with Gasteiger partial charge in [-0.2, -0.15) is 0 Å². The fraction of sp³-hybridized carbons (Fsp3) is 1.00. The van der Waals surface area contributed by atoms with Crippen molar-refractivity contribution >= 4 is 0 Å². The number of hydrogen-bond acceptors (Lipinski definition) is 2. The van der Waals surface area contributed by atoms with Crippen molar-refractivity contribution in [3.8, 4) is 0 Å². The van der Waals surface area contributed by atoms with E-state index in [2.05, 4.69) is 0 Å². The van der Waals surface area contributed by atoms with Crippen LogP contribution in [0.25, 0.3) is 0 Å². The maximum Gasteiger partial charge on any atom is 1.00 e. The van der Waals surface area contributed by atoms with Crippen molar-refractivity contribution in [2.24, 2.45) is 5.92 Å². The minimum atomic E-state index is 0. The van der Waals surface area contributed by atoms with Crippen LogP contribution in [-0.4, -0.2) is 19.8 Å². The van der Waals surface area contributed by atoms with E-state index in [4.69, 9.17) is 4.74 Å². The van der Waals surface area contributed by atoms with Gasteiger partial charge in [0, 0.05) is 0 Å². The van der Waals surface area contributed by atoms with Gasteiger partial charge in [-0.15, -0.1) is 6.61 Å². The second-order valence-electron chi connectivity index (χ2n) is 1.57. The van der Waals surface area contributed by atoms with Crippen LogP contribution in [0.1, 0.15) is 0 Å². The zero-order valence-corrected chi connectivity index (χ0v) is 6.52. The average molecular weight is 110 g/mol. The first-order chi connectivity index (χ1) is 2.93. The summed E-state index contributed by atoms with van der Waals surface area (Å²) >= 11 is 0. The number of ether oxygens (including phenoxy) is 1. The molecule has 1 fully saturated rings. The molecule has 0 atom stereocenters. The van der Waals surface area contributed by atoms with Crippen molar-refractivity contribution < 1.29 is 39.4 Å². The first-order valence-electron chi connectivity index (χ1n) is 2.09. The molecule has 7 heavy (non-hydrogen) atoms. The van der Waals surface area contributed by atoms with Crippen LogP contribution in [0.4, 0.5) is 0 Å². The van der Waals surface area contributed by atoms with Crippen molar-refractivity contribution in [2.75, 3.05) is 19.8 Å². The first-order valence-corrected chi connectivity index (χ1v) is 2.09. The summed E-state index contributed by atoms with van der Waals surface area (Å²) in [6.45, 7) is 1.44. The molecule has 0 bridgehead atoms. The van der Waals surface area contributed by atoms with Crippen molar-refractivity contribution in [1.29, 1.82) is 0 Å². The van der Waals surface area contributed by atoms with E-state index in [9.17, 15) is 5.11 Å². The molecule has 0 amide bonds. The Bertz CT molecular complexity index is 42.2. The molecule has 0 unspecified atom stereocenters. The van der Waals surface area contributed by atoms with Crippen LogP contribution in [0.5, 0.6) is 0 Å². The van der Waals surface area contributed by atoms with Gasteiger partial charge >= 0.3 is 29.6 Å². The molecule has 1 aliphatic rings. The summed E-state index contributed by atoms with van der Waals surface area (Å²) in [6.07, 6.45) is 0. The van der Waals surface area contributed by atoms with Gasteiger partial charge in [0.1, 0.15) is 0 Å². The molecular formula is C4H7NaO2. The summed E-state index contributed by atoms with van der Waals surface area (Å²) in [5.41, 5.74) is 0. The molecular weight excluding hydrogens is 103 g/mol. The van der Waals surface area contributed by atoms with Gasteiger partial charge in [-0.25, -0.2) is 0 Å². The van der Waals surface area contributed by atoms with Crippen molar-refractivity contribution in [3.63, 3.8) is 0 Å². The van der Waals surface area contributed by atoms with Gasteiger partial charge < -0.3 is 9.84 Å². The van der Waals surface area contributed by atoms with E-state index in [0.717, 1.165) is 0 Å². The Kier molecular flexibility index (Phi) is 4.37. The van der Waals surface area contributed by atoms with Gasteiger partial charge in [0.25, 0.3) is 0 Å². The van der Waals surface area contributed by atoms with Crippen LogP contribution in [0.2, 0.25) is 0 Å². The fourth-order valence-corrected chi connectivity index (χ4v) is 0.381. The summed E-state index contributed by atoms with van der Waals surface area (Å²) in [5, 5.41) is 9.83. The molecule has 1 heterocycles. The minimum absolute atomic E-state index is 0. The summed E-state index contributed by atoms with van der Waals surface area (Å²) in [4.78, 5) is 0. The number of rotatable bonds is 1. The Morgan fingerprint density at radius 3 is 2.14 bits per heavy atom. The van der Waals surface area contributed by atoms with E-state index >= 15 is 0 Å². The molecule has 0 aromatic carbocycles. The van der Waals surface area contributed by atoms with Crippen LogP contribution in [0.3, 0.4) is 0 Å². The van der Waals surface area contributed by atoms with Crippen molar-refractivity contribution in [1.82, 2.24) is 0 Å². The third kappa shape index (κ3) is 2.11. The largest absolute Gasteiger partial charge is 1.00 e. The summed E-state index contributed by atoms with van der Waals surface area (Å²) in [6, 6.07) is 0. The molecule has 0 aromatic rings. The molecule has 0 aliphatic carbocycles. The Morgan fingerprint density at radius 1 is 1.57 bits per heavy atom. The molecule has 1 saturated heterocycles. The molecule has 0 spiro atoms. The second kappa shape index (κ2) is 3.87. The Labute approximate surface area is 65.1 Å². The van der Waals surface area contributed by atoms with Crippen LogP contribution in [0.15, 0.2) is 0 Å². The molecule has 0 radical (unpaired) electrons. The van der Waals surface area contributed by atoms with Gasteiger partial charge in [-0.05, 0) is 5.92 Å².